The summed E-state index contributed by atoms with van der Waals surface area (Å²) in [5.74, 6) is -0.0233. The van der Waals surface area contributed by atoms with Crippen molar-refractivity contribution in [3.05, 3.63) is 100 Å². The Kier molecular flexibility index (Phi) is 6.19. The molecule has 1 aliphatic heterocycles. The number of fused-ring (bicyclic) bond motifs is 1. The van der Waals surface area contributed by atoms with Crippen molar-refractivity contribution < 1.29 is 23.8 Å². The van der Waals surface area contributed by atoms with Gasteiger partial charge >= 0.3 is 5.97 Å². The van der Waals surface area contributed by atoms with Crippen LogP contribution in [0.1, 0.15) is 21.5 Å². The number of rotatable bonds is 6. The average molecular weight is 436 g/mol. The van der Waals surface area contributed by atoms with Gasteiger partial charge in [-0.15, -0.1) is 0 Å². The molecule has 0 aromatic heterocycles. The largest absolute Gasteiger partial charge is 0.456 e. The van der Waals surface area contributed by atoms with Gasteiger partial charge in [0.1, 0.15) is 12.3 Å². The summed E-state index contributed by atoms with van der Waals surface area (Å²) in [7, 11) is 0. The molecule has 1 heterocycles. The minimum absolute atomic E-state index is 0.0280. The molecule has 0 spiro atoms. The first-order valence-electron chi connectivity index (χ1n) is 9.48. The Bertz CT molecular complexity index is 1140. The van der Waals surface area contributed by atoms with Gasteiger partial charge in [-0.2, -0.15) is 0 Å². The van der Waals surface area contributed by atoms with E-state index in [9.17, 15) is 9.59 Å². The Morgan fingerprint density at radius 3 is 2.52 bits per heavy atom. The quantitative estimate of drug-likeness (QED) is 0.453. The lowest BCUT2D eigenvalue weighted by Gasteiger charge is -2.11. The smallest absolute Gasteiger partial charge is 0.355 e. The van der Waals surface area contributed by atoms with Crippen LogP contribution in [-0.4, -0.2) is 18.7 Å². The lowest BCUT2D eigenvalue weighted by molar-refractivity contribution is -0.140. The molecule has 0 atom stereocenters. The van der Waals surface area contributed by atoms with E-state index in [0.29, 0.717) is 17.1 Å². The maximum Gasteiger partial charge on any atom is 0.355 e. The molecule has 156 valence electrons. The fourth-order valence-electron chi connectivity index (χ4n) is 2.95. The van der Waals surface area contributed by atoms with Gasteiger partial charge < -0.3 is 19.5 Å². The predicted octanol–water partition coefficient (Wildman–Crippen LogP) is 4.58. The van der Waals surface area contributed by atoms with E-state index in [0.717, 1.165) is 5.56 Å². The van der Waals surface area contributed by atoms with Crippen molar-refractivity contribution >= 4 is 29.6 Å². The number of nitrogens with one attached hydrogen (secondary N) is 1. The first kappa shape index (κ1) is 20.5. The van der Waals surface area contributed by atoms with Crippen molar-refractivity contribution in [2.45, 2.75) is 6.61 Å². The number of carbonyl (C=O) groups is 2. The molecule has 0 saturated carbocycles. The lowest BCUT2D eigenvalue weighted by atomic mass is 10.1. The van der Waals surface area contributed by atoms with Gasteiger partial charge in [0.05, 0.1) is 10.6 Å². The van der Waals surface area contributed by atoms with Gasteiger partial charge in [0.2, 0.25) is 6.79 Å². The number of hydrogen-bond donors (Lipinski definition) is 1. The highest BCUT2D eigenvalue weighted by atomic mass is 35.5. The van der Waals surface area contributed by atoms with Gasteiger partial charge in [-0.1, -0.05) is 60.1 Å². The van der Waals surface area contributed by atoms with Crippen molar-refractivity contribution in [1.29, 1.82) is 0 Å². The van der Waals surface area contributed by atoms with E-state index in [1.807, 2.05) is 30.3 Å². The third kappa shape index (κ3) is 5.05. The number of halogens is 1. The summed E-state index contributed by atoms with van der Waals surface area (Å²) in [6.07, 6.45) is 1.52. The van der Waals surface area contributed by atoms with Gasteiger partial charge in [0, 0.05) is 0 Å². The van der Waals surface area contributed by atoms with Crippen molar-refractivity contribution in [1.82, 2.24) is 5.32 Å². The van der Waals surface area contributed by atoms with Crippen molar-refractivity contribution in [3.63, 3.8) is 0 Å². The Morgan fingerprint density at radius 2 is 1.71 bits per heavy atom. The van der Waals surface area contributed by atoms with Crippen LogP contribution in [0.15, 0.2) is 78.5 Å². The third-order valence-corrected chi connectivity index (χ3v) is 4.84. The highest BCUT2D eigenvalue weighted by molar-refractivity contribution is 6.34. The second-order valence-electron chi connectivity index (χ2n) is 6.67. The summed E-state index contributed by atoms with van der Waals surface area (Å²) in [6.45, 7) is 0.206. The van der Waals surface area contributed by atoms with Crippen molar-refractivity contribution in [2.24, 2.45) is 0 Å². The van der Waals surface area contributed by atoms with Crippen LogP contribution in [0.5, 0.6) is 11.5 Å². The molecule has 1 N–H and O–H groups in total. The summed E-state index contributed by atoms with van der Waals surface area (Å²) in [4.78, 5) is 25.6. The second kappa shape index (κ2) is 9.36. The van der Waals surface area contributed by atoms with E-state index in [1.54, 1.807) is 42.5 Å². The predicted molar refractivity (Wildman–Crippen MR) is 116 cm³/mol. The minimum atomic E-state index is -0.679. The molecule has 31 heavy (non-hydrogen) atoms. The normalized spacial score (nSPS) is 12.4. The molecule has 4 rings (SSSR count). The Morgan fingerprint density at radius 1 is 0.968 bits per heavy atom. The van der Waals surface area contributed by atoms with Crippen molar-refractivity contribution in [3.8, 4) is 11.5 Å². The van der Waals surface area contributed by atoms with Crippen LogP contribution in [0, 0.1) is 0 Å². The Labute approximate surface area is 184 Å². The van der Waals surface area contributed by atoms with Crippen LogP contribution in [0.2, 0.25) is 5.02 Å². The van der Waals surface area contributed by atoms with Crippen LogP contribution in [0.4, 0.5) is 0 Å². The molecule has 1 aliphatic rings. The number of esters is 1. The summed E-state index contributed by atoms with van der Waals surface area (Å²) < 4.78 is 16.1. The maximum atomic E-state index is 12.8. The van der Waals surface area contributed by atoms with Crippen LogP contribution in [0.25, 0.3) is 6.08 Å². The van der Waals surface area contributed by atoms with E-state index >= 15 is 0 Å². The molecule has 3 aromatic carbocycles. The van der Waals surface area contributed by atoms with Gasteiger partial charge in [-0.05, 0) is 41.5 Å². The number of carbonyl (C=O) groups excluding carboxylic acids is 2. The topological polar surface area (TPSA) is 73.9 Å². The molecule has 1 amide bonds. The van der Waals surface area contributed by atoms with E-state index in [4.69, 9.17) is 25.8 Å². The zero-order valence-corrected chi connectivity index (χ0v) is 17.1. The van der Waals surface area contributed by atoms with Gasteiger partial charge in [0.25, 0.3) is 5.91 Å². The third-order valence-electron chi connectivity index (χ3n) is 4.51. The Hall–Kier alpha value is -3.77. The fraction of sp³-hybridized carbons (Fsp3) is 0.0833. The molecular weight excluding hydrogens is 418 g/mol. The van der Waals surface area contributed by atoms with E-state index in [2.05, 4.69) is 5.32 Å². The second-order valence-corrected chi connectivity index (χ2v) is 7.07. The molecule has 6 nitrogen and oxygen atoms in total. The Balaban J connectivity index is 1.59. The fourth-order valence-corrected chi connectivity index (χ4v) is 3.17. The zero-order chi connectivity index (χ0) is 21.6. The first-order chi connectivity index (χ1) is 15.1. The number of ether oxygens (including phenoxy) is 3. The van der Waals surface area contributed by atoms with Crippen molar-refractivity contribution in [2.75, 3.05) is 6.79 Å². The molecule has 0 saturated heterocycles. The SMILES string of the molecule is O=C(OCc1ccccc1)/C(=C/c1ccc2c(c1)OCO2)NC(=O)c1ccccc1Cl. The lowest BCUT2D eigenvalue weighted by Crippen LogP contribution is -2.28. The summed E-state index contributed by atoms with van der Waals surface area (Å²) in [5.41, 5.74) is 1.68. The molecular formula is C24H18ClNO5. The summed E-state index contributed by atoms with van der Waals surface area (Å²) >= 11 is 6.12. The van der Waals surface area contributed by atoms with Crippen LogP contribution < -0.4 is 14.8 Å². The molecule has 0 bridgehead atoms. The van der Waals surface area contributed by atoms with E-state index in [1.165, 1.54) is 6.08 Å². The highest BCUT2D eigenvalue weighted by Crippen LogP contribution is 2.33. The van der Waals surface area contributed by atoms with Gasteiger partial charge in [0.15, 0.2) is 11.5 Å². The van der Waals surface area contributed by atoms with E-state index < -0.39 is 11.9 Å². The maximum absolute atomic E-state index is 12.8. The number of benzene rings is 3. The molecule has 3 aromatic rings. The number of amides is 1. The molecule has 0 unspecified atom stereocenters. The van der Waals surface area contributed by atoms with Crippen LogP contribution in [0.3, 0.4) is 0 Å². The summed E-state index contributed by atoms with van der Waals surface area (Å²) in [6, 6.07) is 21.1. The van der Waals surface area contributed by atoms with Crippen LogP contribution in [-0.2, 0) is 16.1 Å². The molecule has 0 radical (unpaired) electrons. The molecule has 0 fully saturated rings. The highest BCUT2D eigenvalue weighted by Gasteiger charge is 2.19. The first-order valence-corrected chi connectivity index (χ1v) is 9.86. The van der Waals surface area contributed by atoms with Crippen LogP contribution >= 0.6 is 11.6 Å². The molecule has 0 aliphatic carbocycles. The minimum Gasteiger partial charge on any atom is -0.456 e. The monoisotopic (exact) mass is 435 g/mol. The van der Waals surface area contributed by atoms with Gasteiger partial charge in [-0.3, -0.25) is 4.79 Å². The zero-order valence-electron chi connectivity index (χ0n) is 16.3. The average Bonchev–Trinajstić information content (AvgIpc) is 3.26. The number of hydrogen-bond acceptors (Lipinski definition) is 5. The summed E-state index contributed by atoms with van der Waals surface area (Å²) in [5, 5.41) is 2.90. The van der Waals surface area contributed by atoms with Gasteiger partial charge in [-0.25, -0.2) is 4.79 Å². The van der Waals surface area contributed by atoms with E-state index in [-0.39, 0.29) is 29.7 Å². The standard InChI is InChI=1S/C24H18ClNO5/c25-19-9-5-4-8-18(19)23(27)26-20(24(28)29-14-16-6-2-1-3-7-16)12-17-10-11-21-22(13-17)31-15-30-21/h1-13H,14-15H2,(H,26,27)/b20-12-. The molecule has 7 heteroatoms.